The van der Waals surface area contributed by atoms with Crippen LogP contribution in [0.1, 0.15) is 19.8 Å². The monoisotopic (exact) mass is 513 g/mol. The number of alkyl halides is 3. The zero-order chi connectivity index (χ0) is 19.5. The Labute approximate surface area is 182 Å². The SMILES string of the molecule is CCNC(=NCCCN1CCN(c2ccccc2)CC1)NCCC(F)(F)F.I. The Morgan fingerprint density at radius 1 is 1.07 bits per heavy atom. The normalized spacial score (nSPS) is 15.9. The highest BCUT2D eigenvalue weighted by molar-refractivity contribution is 14.0. The van der Waals surface area contributed by atoms with Gasteiger partial charge >= 0.3 is 6.18 Å². The molecule has 0 radical (unpaired) electrons. The molecule has 9 heteroatoms. The lowest BCUT2D eigenvalue weighted by Crippen LogP contribution is -2.46. The van der Waals surface area contributed by atoms with E-state index in [-0.39, 0.29) is 30.5 Å². The summed E-state index contributed by atoms with van der Waals surface area (Å²) in [6, 6.07) is 10.4. The third-order valence-corrected chi connectivity index (χ3v) is 4.44. The first-order valence-corrected chi connectivity index (χ1v) is 9.59. The summed E-state index contributed by atoms with van der Waals surface area (Å²) in [5.41, 5.74) is 1.27. The number of guanidine groups is 1. The molecule has 0 atom stereocenters. The van der Waals surface area contributed by atoms with Crippen molar-refractivity contribution in [2.24, 2.45) is 4.99 Å². The molecule has 1 fully saturated rings. The third-order valence-electron chi connectivity index (χ3n) is 4.44. The van der Waals surface area contributed by atoms with Gasteiger partial charge < -0.3 is 15.5 Å². The number of hydrogen-bond acceptors (Lipinski definition) is 3. The van der Waals surface area contributed by atoms with E-state index in [0.717, 1.165) is 39.1 Å². The summed E-state index contributed by atoms with van der Waals surface area (Å²) in [6.07, 6.45) is -4.11. The molecule has 1 aliphatic heterocycles. The number of aliphatic imine (C=N–C) groups is 1. The molecule has 0 bridgehead atoms. The van der Waals surface area contributed by atoms with Gasteiger partial charge in [0.15, 0.2) is 5.96 Å². The van der Waals surface area contributed by atoms with Crippen molar-refractivity contribution in [2.75, 3.05) is 57.3 Å². The highest BCUT2D eigenvalue weighted by atomic mass is 127. The highest BCUT2D eigenvalue weighted by Crippen LogP contribution is 2.18. The Morgan fingerprint density at radius 3 is 2.36 bits per heavy atom. The van der Waals surface area contributed by atoms with Crippen LogP contribution in [0.5, 0.6) is 0 Å². The van der Waals surface area contributed by atoms with E-state index in [2.05, 4.69) is 49.7 Å². The van der Waals surface area contributed by atoms with E-state index in [9.17, 15) is 13.2 Å². The van der Waals surface area contributed by atoms with Gasteiger partial charge in [0.2, 0.25) is 0 Å². The second-order valence-corrected chi connectivity index (χ2v) is 6.57. The van der Waals surface area contributed by atoms with Crippen LogP contribution in [-0.2, 0) is 0 Å². The van der Waals surface area contributed by atoms with Crippen molar-refractivity contribution in [3.63, 3.8) is 0 Å². The number of piperazine rings is 1. The highest BCUT2D eigenvalue weighted by Gasteiger charge is 2.26. The molecule has 1 saturated heterocycles. The Kier molecular flexibility index (Phi) is 11.6. The summed E-state index contributed by atoms with van der Waals surface area (Å²) in [7, 11) is 0. The van der Waals surface area contributed by atoms with Gasteiger partial charge in [-0.25, -0.2) is 0 Å². The van der Waals surface area contributed by atoms with Gasteiger partial charge in [-0.2, -0.15) is 13.2 Å². The van der Waals surface area contributed by atoms with E-state index in [1.807, 2.05) is 13.0 Å². The van der Waals surface area contributed by atoms with Gasteiger partial charge in [0.05, 0.1) is 6.42 Å². The standard InChI is InChI=1S/C19H30F3N5.HI/c1-2-23-18(25-11-9-19(20,21)22)24-10-6-12-26-13-15-27(16-14-26)17-7-4-3-5-8-17;/h3-5,7-8H,2,6,9-16H2,1H3,(H2,23,24,25);1H. The van der Waals surface area contributed by atoms with Crippen molar-refractivity contribution in [3.8, 4) is 0 Å². The van der Waals surface area contributed by atoms with E-state index in [4.69, 9.17) is 0 Å². The third kappa shape index (κ3) is 9.81. The zero-order valence-electron chi connectivity index (χ0n) is 16.3. The van der Waals surface area contributed by atoms with Gasteiger partial charge in [-0.15, -0.1) is 24.0 Å². The Morgan fingerprint density at radius 2 is 1.75 bits per heavy atom. The van der Waals surface area contributed by atoms with Crippen molar-refractivity contribution in [1.82, 2.24) is 15.5 Å². The summed E-state index contributed by atoms with van der Waals surface area (Å²) in [4.78, 5) is 9.18. The predicted molar refractivity (Wildman–Crippen MR) is 120 cm³/mol. The molecule has 0 saturated carbocycles. The van der Waals surface area contributed by atoms with Gasteiger partial charge in [0, 0.05) is 58.0 Å². The van der Waals surface area contributed by atoms with Crippen LogP contribution in [0.15, 0.2) is 35.3 Å². The van der Waals surface area contributed by atoms with Gasteiger partial charge in [-0.05, 0) is 25.5 Å². The summed E-state index contributed by atoms with van der Waals surface area (Å²) >= 11 is 0. The van der Waals surface area contributed by atoms with Gasteiger partial charge in [-0.1, -0.05) is 18.2 Å². The predicted octanol–water partition coefficient (Wildman–Crippen LogP) is 3.32. The fourth-order valence-corrected chi connectivity index (χ4v) is 3.02. The molecule has 1 aromatic carbocycles. The van der Waals surface area contributed by atoms with E-state index in [1.54, 1.807) is 0 Å². The molecule has 0 aromatic heterocycles. The minimum Gasteiger partial charge on any atom is -0.369 e. The molecule has 0 unspecified atom stereocenters. The van der Waals surface area contributed by atoms with E-state index in [1.165, 1.54) is 5.69 Å². The number of halogens is 4. The number of para-hydroxylation sites is 1. The number of rotatable bonds is 8. The smallest absolute Gasteiger partial charge is 0.369 e. The average molecular weight is 513 g/mol. The Balaban J connectivity index is 0.00000392. The molecule has 1 aromatic rings. The van der Waals surface area contributed by atoms with Gasteiger partial charge in [0.1, 0.15) is 0 Å². The Bertz CT molecular complexity index is 560. The van der Waals surface area contributed by atoms with Crippen LogP contribution in [0.4, 0.5) is 18.9 Å². The van der Waals surface area contributed by atoms with Crippen molar-refractivity contribution >= 4 is 35.6 Å². The van der Waals surface area contributed by atoms with E-state index >= 15 is 0 Å². The molecule has 1 heterocycles. The first kappa shape index (κ1) is 24.8. The number of anilines is 1. The van der Waals surface area contributed by atoms with Crippen LogP contribution < -0.4 is 15.5 Å². The molecular weight excluding hydrogens is 482 g/mol. The molecular formula is C19H31F3IN5. The second-order valence-electron chi connectivity index (χ2n) is 6.57. The second kappa shape index (κ2) is 13.1. The Hall–Kier alpha value is -1.23. The minimum atomic E-state index is -4.15. The summed E-state index contributed by atoms with van der Waals surface area (Å²) in [5.74, 6) is 0.454. The molecule has 2 N–H and O–H groups in total. The summed E-state index contributed by atoms with van der Waals surface area (Å²) in [5, 5.41) is 5.72. The maximum absolute atomic E-state index is 12.2. The van der Waals surface area contributed by atoms with Crippen molar-refractivity contribution in [1.29, 1.82) is 0 Å². The molecule has 0 spiro atoms. The number of hydrogen-bond donors (Lipinski definition) is 2. The zero-order valence-corrected chi connectivity index (χ0v) is 18.7. The lowest BCUT2D eigenvalue weighted by Gasteiger charge is -2.36. The number of nitrogens with one attached hydrogen (secondary N) is 2. The molecule has 2 rings (SSSR count). The maximum atomic E-state index is 12.2. The van der Waals surface area contributed by atoms with E-state index < -0.39 is 12.6 Å². The molecule has 0 aliphatic carbocycles. The molecule has 160 valence electrons. The largest absolute Gasteiger partial charge is 0.390 e. The van der Waals surface area contributed by atoms with Crippen molar-refractivity contribution in [3.05, 3.63) is 30.3 Å². The lowest BCUT2D eigenvalue weighted by molar-refractivity contribution is -0.132. The van der Waals surface area contributed by atoms with Gasteiger partial charge in [0.25, 0.3) is 0 Å². The van der Waals surface area contributed by atoms with Crippen LogP contribution in [0.2, 0.25) is 0 Å². The molecule has 0 amide bonds. The van der Waals surface area contributed by atoms with Crippen LogP contribution in [-0.4, -0.2) is 69.4 Å². The quantitative estimate of drug-likeness (QED) is 0.242. The van der Waals surface area contributed by atoms with Crippen LogP contribution in [0.3, 0.4) is 0 Å². The first-order chi connectivity index (χ1) is 13.0. The first-order valence-electron chi connectivity index (χ1n) is 9.59. The number of benzene rings is 1. The fraction of sp³-hybridized carbons (Fsp3) is 0.632. The maximum Gasteiger partial charge on any atom is 0.390 e. The van der Waals surface area contributed by atoms with Crippen molar-refractivity contribution < 1.29 is 13.2 Å². The summed E-state index contributed by atoms with van der Waals surface area (Å²) in [6.45, 7) is 7.96. The molecule has 1 aliphatic rings. The van der Waals surface area contributed by atoms with Crippen LogP contribution >= 0.6 is 24.0 Å². The fourth-order valence-electron chi connectivity index (χ4n) is 3.02. The topological polar surface area (TPSA) is 42.9 Å². The number of nitrogens with zero attached hydrogens (tertiary/aromatic N) is 3. The summed E-state index contributed by atoms with van der Waals surface area (Å²) < 4.78 is 36.7. The average Bonchev–Trinajstić information content (AvgIpc) is 2.65. The minimum absolute atomic E-state index is 0. The van der Waals surface area contributed by atoms with E-state index in [0.29, 0.717) is 19.0 Å². The van der Waals surface area contributed by atoms with Crippen molar-refractivity contribution in [2.45, 2.75) is 25.9 Å². The molecule has 5 nitrogen and oxygen atoms in total. The van der Waals surface area contributed by atoms with Gasteiger partial charge in [-0.3, -0.25) is 9.89 Å². The van der Waals surface area contributed by atoms with Crippen LogP contribution in [0, 0.1) is 0 Å². The lowest BCUT2D eigenvalue weighted by atomic mass is 10.2. The van der Waals surface area contributed by atoms with Crippen LogP contribution in [0.25, 0.3) is 0 Å². The molecule has 28 heavy (non-hydrogen) atoms.